The van der Waals surface area contributed by atoms with Gasteiger partial charge in [0.1, 0.15) is 0 Å². The minimum atomic E-state index is 0.819. The number of thioether (sulfide) groups is 1. The first-order valence-corrected chi connectivity index (χ1v) is 9.14. The van der Waals surface area contributed by atoms with Crippen LogP contribution in [0.4, 0.5) is 0 Å². The van der Waals surface area contributed by atoms with Crippen molar-refractivity contribution in [2.75, 3.05) is 12.3 Å². The summed E-state index contributed by atoms with van der Waals surface area (Å²) in [7, 11) is 0. The van der Waals surface area contributed by atoms with Crippen LogP contribution in [0.1, 0.15) is 65.2 Å². The van der Waals surface area contributed by atoms with E-state index in [-0.39, 0.29) is 0 Å². The third-order valence-corrected chi connectivity index (χ3v) is 6.05. The fourth-order valence-corrected chi connectivity index (χ4v) is 5.00. The molecule has 2 aliphatic rings. The van der Waals surface area contributed by atoms with E-state index in [1.807, 2.05) is 0 Å². The smallest absolute Gasteiger partial charge is 0.00699 e. The Morgan fingerprint density at radius 2 is 1.67 bits per heavy atom. The lowest BCUT2D eigenvalue weighted by Crippen LogP contribution is -2.35. The van der Waals surface area contributed by atoms with Gasteiger partial charge in [0.05, 0.1) is 0 Å². The second-order valence-corrected chi connectivity index (χ2v) is 8.10. The molecule has 2 aliphatic carbocycles. The predicted molar refractivity (Wildman–Crippen MR) is 83.3 cm³/mol. The second-order valence-electron chi connectivity index (χ2n) is 6.69. The molecule has 0 radical (unpaired) electrons. The minimum Gasteiger partial charge on any atom is -0.313 e. The highest BCUT2D eigenvalue weighted by atomic mass is 32.2. The van der Waals surface area contributed by atoms with Crippen LogP contribution in [0.2, 0.25) is 0 Å². The quantitative estimate of drug-likeness (QED) is 0.739. The monoisotopic (exact) mass is 269 g/mol. The molecular weight excluding hydrogens is 238 g/mol. The van der Waals surface area contributed by atoms with Crippen LogP contribution in [0, 0.1) is 11.8 Å². The Kier molecular flexibility index (Phi) is 6.37. The van der Waals surface area contributed by atoms with Gasteiger partial charge in [0.2, 0.25) is 0 Å². The maximum atomic E-state index is 3.78. The Labute approximate surface area is 118 Å². The molecule has 2 saturated carbocycles. The van der Waals surface area contributed by atoms with E-state index in [0.29, 0.717) is 0 Å². The maximum absolute atomic E-state index is 3.78. The fraction of sp³-hybridized carbons (Fsp3) is 1.00. The molecule has 0 aromatic carbocycles. The van der Waals surface area contributed by atoms with E-state index < -0.39 is 0 Å². The van der Waals surface area contributed by atoms with Gasteiger partial charge in [0, 0.05) is 23.6 Å². The van der Waals surface area contributed by atoms with Crippen molar-refractivity contribution in [3.63, 3.8) is 0 Å². The van der Waals surface area contributed by atoms with Crippen molar-refractivity contribution >= 4 is 11.8 Å². The summed E-state index contributed by atoms with van der Waals surface area (Å²) in [5, 5.41) is 4.74. The number of hydrogen-bond acceptors (Lipinski definition) is 2. The molecule has 4 unspecified atom stereocenters. The minimum absolute atomic E-state index is 0.819. The highest BCUT2D eigenvalue weighted by Crippen LogP contribution is 2.31. The number of nitrogens with one attached hydrogen (secondary N) is 1. The first kappa shape index (κ1) is 14.7. The van der Waals surface area contributed by atoms with Crippen molar-refractivity contribution < 1.29 is 0 Å². The third kappa shape index (κ3) is 5.13. The Bertz CT molecular complexity index is 207. The van der Waals surface area contributed by atoms with Crippen molar-refractivity contribution in [2.45, 2.75) is 76.5 Å². The summed E-state index contributed by atoms with van der Waals surface area (Å²) in [5.41, 5.74) is 0. The Balaban J connectivity index is 1.52. The van der Waals surface area contributed by atoms with Crippen molar-refractivity contribution in [1.29, 1.82) is 0 Å². The Morgan fingerprint density at radius 3 is 2.39 bits per heavy atom. The molecule has 2 fully saturated rings. The maximum Gasteiger partial charge on any atom is 0.00699 e. The summed E-state index contributed by atoms with van der Waals surface area (Å²) < 4.78 is 0. The highest BCUT2D eigenvalue weighted by molar-refractivity contribution is 7.99. The van der Waals surface area contributed by atoms with E-state index in [9.17, 15) is 0 Å². The molecule has 18 heavy (non-hydrogen) atoms. The zero-order valence-electron chi connectivity index (χ0n) is 12.3. The number of hydrogen-bond donors (Lipinski definition) is 1. The highest BCUT2D eigenvalue weighted by Gasteiger charge is 2.20. The van der Waals surface area contributed by atoms with Gasteiger partial charge in [-0.15, -0.1) is 0 Å². The van der Waals surface area contributed by atoms with E-state index in [1.165, 1.54) is 63.7 Å². The van der Waals surface area contributed by atoms with E-state index in [4.69, 9.17) is 0 Å². The van der Waals surface area contributed by atoms with Gasteiger partial charge in [0.15, 0.2) is 0 Å². The summed E-state index contributed by atoms with van der Waals surface area (Å²) in [6.45, 7) is 6.06. The van der Waals surface area contributed by atoms with Gasteiger partial charge in [0.25, 0.3) is 0 Å². The van der Waals surface area contributed by atoms with Crippen molar-refractivity contribution in [3.05, 3.63) is 0 Å². The summed E-state index contributed by atoms with van der Waals surface area (Å²) in [5.74, 6) is 3.24. The fourth-order valence-electron chi connectivity index (χ4n) is 3.64. The van der Waals surface area contributed by atoms with Crippen molar-refractivity contribution in [1.82, 2.24) is 5.32 Å². The molecule has 106 valence electrons. The van der Waals surface area contributed by atoms with Gasteiger partial charge in [-0.3, -0.25) is 0 Å². The molecule has 4 atom stereocenters. The molecule has 2 rings (SSSR count). The molecule has 2 heteroatoms. The van der Waals surface area contributed by atoms with Crippen LogP contribution < -0.4 is 5.32 Å². The van der Waals surface area contributed by atoms with Crippen LogP contribution in [-0.2, 0) is 0 Å². The SMILES string of the molecule is CC1CCCC(NCCSC2CCCC(C)C2)C1. The predicted octanol–water partition coefficient (Wildman–Crippen LogP) is 4.47. The summed E-state index contributed by atoms with van der Waals surface area (Å²) >= 11 is 2.23. The normalized spacial score (nSPS) is 37.7. The number of rotatable bonds is 5. The second kappa shape index (κ2) is 7.79. The molecule has 1 nitrogen and oxygen atoms in total. The molecule has 0 aromatic heterocycles. The molecule has 0 aliphatic heterocycles. The van der Waals surface area contributed by atoms with Crippen LogP contribution in [0.5, 0.6) is 0 Å². The third-order valence-electron chi connectivity index (χ3n) is 4.71. The van der Waals surface area contributed by atoms with Gasteiger partial charge in [-0.05, 0) is 37.5 Å². The zero-order valence-corrected chi connectivity index (χ0v) is 13.1. The molecule has 0 heterocycles. The van der Waals surface area contributed by atoms with Crippen LogP contribution in [0.25, 0.3) is 0 Å². The molecule has 0 saturated heterocycles. The zero-order chi connectivity index (χ0) is 12.8. The lowest BCUT2D eigenvalue weighted by molar-refractivity contribution is 0.306. The van der Waals surface area contributed by atoms with E-state index in [1.54, 1.807) is 0 Å². The molecule has 0 bridgehead atoms. The van der Waals surface area contributed by atoms with Gasteiger partial charge in [-0.25, -0.2) is 0 Å². The standard InChI is InChI=1S/C16H31NS/c1-13-5-3-7-15(11-13)17-9-10-18-16-8-4-6-14(2)12-16/h13-17H,3-12H2,1-2H3. The lowest BCUT2D eigenvalue weighted by atomic mass is 9.87. The summed E-state index contributed by atoms with van der Waals surface area (Å²) in [6.07, 6.45) is 11.6. The Hall–Kier alpha value is 0.310. The molecule has 0 amide bonds. The summed E-state index contributed by atoms with van der Waals surface area (Å²) in [4.78, 5) is 0. The molecule has 0 aromatic rings. The van der Waals surface area contributed by atoms with Crippen molar-refractivity contribution in [2.24, 2.45) is 11.8 Å². The molecular formula is C16H31NS. The van der Waals surface area contributed by atoms with E-state index in [2.05, 4.69) is 30.9 Å². The average Bonchev–Trinajstić information content (AvgIpc) is 2.35. The molecule has 0 spiro atoms. The van der Waals surface area contributed by atoms with Gasteiger partial charge in [-0.2, -0.15) is 11.8 Å². The first-order chi connectivity index (χ1) is 8.74. The summed E-state index contributed by atoms with van der Waals surface area (Å²) in [6, 6.07) is 0.819. The van der Waals surface area contributed by atoms with E-state index >= 15 is 0 Å². The average molecular weight is 269 g/mol. The lowest BCUT2D eigenvalue weighted by Gasteiger charge is -2.29. The first-order valence-electron chi connectivity index (χ1n) is 8.09. The Morgan fingerprint density at radius 1 is 0.944 bits per heavy atom. The van der Waals surface area contributed by atoms with E-state index in [0.717, 1.165) is 23.1 Å². The molecule has 1 N–H and O–H groups in total. The van der Waals surface area contributed by atoms with Gasteiger partial charge in [-0.1, -0.05) is 39.5 Å². The van der Waals surface area contributed by atoms with Crippen molar-refractivity contribution in [3.8, 4) is 0 Å². The van der Waals surface area contributed by atoms with Crippen LogP contribution in [-0.4, -0.2) is 23.6 Å². The van der Waals surface area contributed by atoms with Crippen LogP contribution in [0.3, 0.4) is 0 Å². The van der Waals surface area contributed by atoms with Gasteiger partial charge < -0.3 is 5.32 Å². The van der Waals surface area contributed by atoms with Crippen LogP contribution in [0.15, 0.2) is 0 Å². The topological polar surface area (TPSA) is 12.0 Å². The van der Waals surface area contributed by atoms with Gasteiger partial charge >= 0.3 is 0 Å². The largest absolute Gasteiger partial charge is 0.313 e. The van der Waals surface area contributed by atoms with Crippen LogP contribution >= 0.6 is 11.8 Å².